The van der Waals surface area contributed by atoms with Gasteiger partial charge in [-0.1, -0.05) is 11.5 Å². The first kappa shape index (κ1) is 11.7. The lowest BCUT2D eigenvalue weighted by Crippen LogP contribution is -2.19. The van der Waals surface area contributed by atoms with Crippen LogP contribution in [-0.2, 0) is 0 Å². The number of hydrogen-bond donors (Lipinski definition) is 0. The van der Waals surface area contributed by atoms with Gasteiger partial charge in [0.15, 0.2) is 0 Å². The van der Waals surface area contributed by atoms with Gasteiger partial charge in [0.1, 0.15) is 11.6 Å². The van der Waals surface area contributed by atoms with E-state index in [0.29, 0.717) is 5.75 Å². The molecule has 2 rings (SSSR count). The van der Waals surface area contributed by atoms with Gasteiger partial charge in [-0.3, -0.25) is 0 Å². The van der Waals surface area contributed by atoms with Crippen molar-refractivity contribution < 1.29 is 9.13 Å². The Morgan fingerprint density at radius 1 is 1.29 bits per heavy atom. The lowest BCUT2D eigenvalue weighted by molar-refractivity contribution is 0.155. The van der Waals surface area contributed by atoms with E-state index in [1.165, 1.54) is 24.6 Å². The summed E-state index contributed by atoms with van der Waals surface area (Å²) < 4.78 is 18.8. The van der Waals surface area contributed by atoms with Crippen LogP contribution in [0.1, 0.15) is 32.1 Å². The van der Waals surface area contributed by atoms with Crippen molar-refractivity contribution >= 4 is 5.69 Å². The van der Waals surface area contributed by atoms with Crippen molar-refractivity contribution in [2.24, 2.45) is 5.11 Å². The fourth-order valence-corrected chi connectivity index (χ4v) is 2.08. The normalized spacial score (nSPS) is 16.3. The maximum absolute atomic E-state index is 13.0. The SMILES string of the molecule is [N-]=[N+]=Nc1cc(F)ccc1OC1CCCCC1. The summed E-state index contributed by atoms with van der Waals surface area (Å²) in [5.74, 6) is 0.0412. The van der Waals surface area contributed by atoms with Crippen LogP contribution >= 0.6 is 0 Å². The molecule has 0 unspecified atom stereocenters. The predicted octanol–water partition coefficient (Wildman–Crippen LogP) is 4.48. The highest BCUT2D eigenvalue weighted by Gasteiger charge is 2.16. The minimum Gasteiger partial charge on any atom is -0.490 e. The monoisotopic (exact) mass is 235 g/mol. The molecule has 1 saturated carbocycles. The summed E-state index contributed by atoms with van der Waals surface area (Å²) in [5.41, 5.74) is 8.64. The third-order valence-corrected chi connectivity index (χ3v) is 2.92. The van der Waals surface area contributed by atoms with Crippen LogP contribution in [0.2, 0.25) is 0 Å². The van der Waals surface area contributed by atoms with E-state index in [0.717, 1.165) is 25.7 Å². The first-order valence-corrected chi connectivity index (χ1v) is 5.81. The molecule has 0 aromatic heterocycles. The number of nitrogens with zero attached hydrogens (tertiary/aromatic N) is 3. The molecule has 17 heavy (non-hydrogen) atoms. The van der Waals surface area contributed by atoms with Crippen LogP contribution in [-0.4, -0.2) is 6.10 Å². The highest BCUT2D eigenvalue weighted by atomic mass is 19.1. The van der Waals surface area contributed by atoms with Crippen LogP contribution < -0.4 is 4.74 Å². The largest absolute Gasteiger partial charge is 0.490 e. The summed E-state index contributed by atoms with van der Waals surface area (Å²) in [4.78, 5) is 2.68. The molecule has 0 saturated heterocycles. The number of rotatable bonds is 3. The van der Waals surface area contributed by atoms with Gasteiger partial charge < -0.3 is 4.74 Å². The summed E-state index contributed by atoms with van der Waals surface area (Å²) in [6.07, 6.45) is 5.72. The number of ether oxygens (including phenoxy) is 1. The molecular formula is C12H14FN3O. The van der Waals surface area contributed by atoms with Gasteiger partial charge in [-0.15, -0.1) is 0 Å². The predicted molar refractivity (Wildman–Crippen MR) is 62.7 cm³/mol. The average molecular weight is 235 g/mol. The first-order chi connectivity index (χ1) is 8.29. The highest BCUT2D eigenvalue weighted by Crippen LogP contribution is 2.32. The number of azide groups is 1. The molecule has 4 nitrogen and oxygen atoms in total. The van der Waals surface area contributed by atoms with Crippen molar-refractivity contribution in [1.29, 1.82) is 0 Å². The van der Waals surface area contributed by atoms with E-state index >= 15 is 0 Å². The summed E-state index contributed by atoms with van der Waals surface area (Å²) in [5, 5.41) is 3.45. The standard InChI is InChI=1S/C12H14FN3O/c13-9-6-7-12(11(8-9)15-16-14)17-10-4-2-1-3-5-10/h6-8,10H,1-5H2. The summed E-state index contributed by atoms with van der Waals surface area (Å²) >= 11 is 0. The van der Waals surface area contributed by atoms with Gasteiger partial charge in [-0.05, 0) is 49.4 Å². The minimum absolute atomic E-state index is 0.154. The molecule has 1 fully saturated rings. The Labute approximate surface area is 99.0 Å². The quantitative estimate of drug-likeness (QED) is 0.433. The average Bonchev–Trinajstić information content (AvgIpc) is 2.34. The fraction of sp³-hybridized carbons (Fsp3) is 0.500. The summed E-state index contributed by atoms with van der Waals surface area (Å²) in [6.45, 7) is 0. The highest BCUT2D eigenvalue weighted by molar-refractivity contribution is 5.51. The van der Waals surface area contributed by atoms with Crippen LogP contribution in [0.5, 0.6) is 5.75 Å². The Kier molecular flexibility index (Phi) is 3.83. The molecule has 0 heterocycles. The first-order valence-electron chi connectivity index (χ1n) is 5.81. The van der Waals surface area contributed by atoms with Crippen molar-refractivity contribution in [1.82, 2.24) is 0 Å². The van der Waals surface area contributed by atoms with Crippen molar-refractivity contribution in [3.63, 3.8) is 0 Å². The molecule has 0 spiro atoms. The zero-order chi connectivity index (χ0) is 12.1. The van der Waals surface area contributed by atoms with Gasteiger partial charge in [0.2, 0.25) is 0 Å². The molecule has 0 radical (unpaired) electrons. The molecule has 0 amide bonds. The van der Waals surface area contributed by atoms with E-state index in [9.17, 15) is 4.39 Å². The Hall–Kier alpha value is -1.74. The second-order valence-corrected chi connectivity index (χ2v) is 4.18. The fourth-order valence-electron chi connectivity index (χ4n) is 2.08. The van der Waals surface area contributed by atoms with E-state index in [2.05, 4.69) is 10.0 Å². The Balaban J connectivity index is 2.16. The van der Waals surface area contributed by atoms with Gasteiger partial charge in [0.25, 0.3) is 0 Å². The third-order valence-electron chi connectivity index (χ3n) is 2.92. The number of halogens is 1. The molecule has 1 aromatic carbocycles. The summed E-state index contributed by atoms with van der Waals surface area (Å²) in [7, 11) is 0. The van der Waals surface area contributed by atoms with E-state index in [1.807, 2.05) is 0 Å². The molecule has 5 heteroatoms. The number of benzene rings is 1. The molecule has 1 aromatic rings. The number of hydrogen-bond acceptors (Lipinski definition) is 2. The second-order valence-electron chi connectivity index (χ2n) is 4.18. The Morgan fingerprint density at radius 3 is 2.76 bits per heavy atom. The van der Waals surface area contributed by atoms with Crippen molar-refractivity contribution in [2.75, 3.05) is 0 Å². The molecule has 0 aliphatic heterocycles. The van der Waals surface area contributed by atoms with Gasteiger partial charge in [-0.2, -0.15) is 0 Å². The summed E-state index contributed by atoms with van der Waals surface area (Å²) in [6, 6.07) is 4.03. The lowest BCUT2D eigenvalue weighted by Gasteiger charge is -2.23. The van der Waals surface area contributed by atoms with E-state index in [-0.39, 0.29) is 11.8 Å². The topological polar surface area (TPSA) is 58.0 Å². The van der Waals surface area contributed by atoms with Gasteiger partial charge in [0.05, 0.1) is 11.8 Å². The van der Waals surface area contributed by atoms with Crippen LogP contribution in [0.3, 0.4) is 0 Å². The maximum Gasteiger partial charge on any atom is 0.129 e. The van der Waals surface area contributed by atoms with Crippen molar-refractivity contribution in [3.05, 3.63) is 34.5 Å². The maximum atomic E-state index is 13.0. The van der Waals surface area contributed by atoms with Crippen LogP contribution in [0.15, 0.2) is 23.3 Å². The molecule has 90 valence electrons. The second kappa shape index (κ2) is 5.55. The van der Waals surface area contributed by atoms with Gasteiger partial charge in [0, 0.05) is 4.91 Å². The van der Waals surface area contributed by atoms with Crippen molar-refractivity contribution in [2.45, 2.75) is 38.2 Å². The van der Waals surface area contributed by atoms with Crippen molar-refractivity contribution in [3.8, 4) is 5.75 Å². The van der Waals surface area contributed by atoms with E-state index in [1.54, 1.807) is 0 Å². The lowest BCUT2D eigenvalue weighted by atomic mass is 9.98. The van der Waals surface area contributed by atoms with Crippen LogP contribution in [0.25, 0.3) is 10.4 Å². The van der Waals surface area contributed by atoms with E-state index in [4.69, 9.17) is 10.3 Å². The zero-order valence-corrected chi connectivity index (χ0v) is 9.47. The molecule has 0 atom stereocenters. The smallest absolute Gasteiger partial charge is 0.129 e. The Morgan fingerprint density at radius 2 is 2.06 bits per heavy atom. The Bertz CT molecular complexity index is 437. The van der Waals surface area contributed by atoms with Crippen LogP contribution in [0, 0.1) is 5.82 Å². The third kappa shape index (κ3) is 3.11. The molecule has 1 aliphatic rings. The molecule has 0 N–H and O–H groups in total. The zero-order valence-electron chi connectivity index (χ0n) is 9.47. The molecular weight excluding hydrogens is 221 g/mol. The van der Waals surface area contributed by atoms with Gasteiger partial charge in [-0.25, -0.2) is 4.39 Å². The minimum atomic E-state index is -0.427. The molecule has 1 aliphatic carbocycles. The van der Waals surface area contributed by atoms with Crippen LogP contribution in [0.4, 0.5) is 10.1 Å². The van der Waals surface area contributed by atoms with Gasteiger partial charge >= 0.3 is 0 Å². The molecule has 0 bridgehead atoms. The van der Waals surface area contributed by atoms with E-state index < -0.39 is 5.82 Å².